The Bertz CT molecular complexity index is 550. The zero-order valence-corrected chi connectivity index (χ0v) is 12.1. The van der Waals surface area contributed by atoms with E-state index in [2.05, 4.69) is 27.8 Å². The summed E-state index contributed by atoms with van der Waals surface area (Å²) in [5.74, 6) is 0.689. The largest absolute Gasteiger partial charge is 0.328 e. The van der Waals surface area contributed by atoms with E-state index >= 15 is 0 Å². The molecule has 0 saturated heterocycles. The lowest BCUT2D eigenvalue weighted by Gasteiger charge is -2.25. The Morgan fingerprint density at radius 2 is 2.15 bits per heavy atom. The fourth-order valence-corrected chi connectivity index (χ4v) is 3.34. The molecule has 2 heterocycles. The van der Waals surface area contributed by atoms with Gasteiger partial charge in [-0.3, -0.25) is 4.68 Å². The van der Waals surface area contributed by atoms with E-state index in [4.69, 9.17) is 5.73 Å². The highest BCUT2D eigenvalue weighted by atomic mass is 15.3. The first-order valence-corrected chi connectivity index (χ1v) is 7.58. The lowest BCUT2D eigenvalue weighted by Crippen LogP contribution is -2.25. The monoisotopic (exact) mass is 273 g/mol. The van der Waals surface area contributed by atoms with Gasteiger partial charge in [-0.2, -0.15) is 5.10 Å². The maximum Gasteiger partial charge on any atom is 0.0954 e. The molecule has 20 heavy (non-hydrogen) atoms. The zero-order valence-electron chi connectivity index (χ0n) is 12.1. The Balaban J connectivity index is 1.91. The van der Waals surface area contributed by atoms with Gasteiger partial charge < -0.3 is 10.3 Å². The average molecular weight is 273 g/mol. The van der Waals surface area contributed by atoms with Crippen molar-refractivity contribution in [3.05, 3.63) is 24.9 Å². The molecule has 0 amide bonds. The molecule has 0 bridgehead atoms. The number of rotatable bonds is 5. The van der Waals surface area contributed by atoms with Crippen LogP contribution in [0.15, 0.2) is 24.9 Å². The van der Waals surface area contributed by atoms with Crippen LogP contribution in [0.4, 0.5) is 0 Å². The molecule has 2 aromatic rings. The molecule has 0 radical (unpaired) electrons. The molecule has 1 atom stereocenters. The van der Waals surface area contributed by atoms with Gasteiger partial charge in [-0.1, -0.05) is 12.8 Å². The summed E-state index contributed by atoms with van der Waals surface area (Å²) in [7, 11) is 0. The maximum atomic E-state index is 6.05. The first kappa shape index (κ1) is 13.4. The second-order valence-corrected chi connectivity index (χ2v) is 5.62. The lowest BCUT2D eigenvalue weighted by atomic mass is 9.97. The summed E-state index contributed by atoms with van der Waals surface area (Å²) < 4.78 is 4.20. The Hall–Kier alpha value is -1.62. The van der Waals surface area contributed by atoms with Gasteiger partial charge in [-0.25, -0.2) is 4.98 Å². The highest BCUT2D eigenvalue weighted by molar-refractivity contribution is 5.56. The van der Waals surface area contributed by atoms with Crippen molar-refractivity contribution in [2.45, 2.75) is 45.2 Å². The minimum absolute atomic E-state index is 0.361. The van der Waals surface area contributed by atoms with Gasteiger partial charge in [0.15, 0.2) is 0 Å². The fourth-order valence-electron chi connectivity index (χ4n) is 3.34. The summed E-state index contributed by atoms with van der Waals surface area (Å²) in [4.78, 5) is 4.34. The summed E-state index contributed by atoms with van der Waals surface area (Å²) in [5, 5.41) is 4.36. The van der Waals surface area contributed by atoms with E-state index in [1.807, 2.05) is 23.4 Å². The Morgan fingerprint density at radius 3 is 2.80 bits per heavy atom. The number of aryl methyl sites for hydroxylation is 1. The molecule has 1 saturated carbocycles. The predicted molar refractivity (Wildman–Crippen MR) is 79.2 cm³/mol. The quantitative estimate of drug-likeness (QED) is 0.910. The third kappa shape index (κ3) is 2.38. The van der Waals surface area contributed by atoms with Crippen molar-refractivity contribution in [1.29, 1.82) is 0 Å². The van der Waals surface area contributed by atoms with Gasteiger partial charge in [-0.05, 0) is 25.7 Å². The maximum absolute atomic E-state index is 6.05. The fraction of sp³-hybridized carbons (Fsp3) is 0.600. The molecule has 5 heteroatoms. The predicted octanol–water partition coefficient (Wildman–Crippen LogP) is 2.46. The second-order valence-electron chi connectivity index (χ2n) is 5.62. The number of nitrogens with zero attached hydrogens (tertiary/aromatic N) is 4. The highest BCUT2D eigenvalue weighted by Gasteiger charge is 2.26. The van der Waals surface area contributed by atoms with E-state index in [0.29, 0.717) is 18.5 Å². The van der Waals surface area contributed by atoms with Crippen LogP contribution in [-0.2, 0) is 6.54 Å². The van der Waals surface area contributed by atoms with Crippen LogP contribution in [0.25, 0.3) is 11.3 Å². The Kier molecular flexibility index (Phi) is 3.87. The molecule has 0 aliphatic heterocycles. The van der Waals surface area contributed by atoms with Gasteiger partial charge in [-0.15, -0.1) is 0 Å². The molecule has 1 unspecified atom stereocenters. The van der Waals surface area contributed by atoms with Crippen LogP contribution >= 0.6 is 0 Å². The second kappa shape index (κ2) is 5.79. The van der Waals surface area contributed by atoms with Crippen molar-refractivity contribution in [2.24, 2.45) is 11.7 Å². The van der Waals surface area contributed by atoms with Crippen LogP contribution in [0, 0.1) is 5.92 Å². The molecule has 0 spiro atoms. The molecule has 108 valence electrons. The smallest absolute Gasteiger partial charge is 0.0954 e. The summed E-state index contributed by atoms with van der Waals surface area (Å²) in [6.07, 6.45) is 13.1. The van der Waals surface area contributed by atoms with Gasteiger partial charge in [0, 0.05) is 24.8 Å². The Labute approximate surface area is 119 Å². The molecule has 1 aliphatic rings. The molecule has 5 nitrogen and oxygen atoms in total. The normalized spacial score (nSPS) is 17.7. The van der Waals surface area contributed by atoms with E-state index < -0.39 is 0 Å². The first-order chi connectivity index (χ1) is 9.83. The third-order valence-electron chi connectivity index (χ3n) is 4.46. The van der Waals surface area contributed by atoms with Gasteiger partial charge in [0.1, 0.15) is 0 Å². The minimum Gasteiger partial charge on any atom is -0.328 e. The van der Waals surface area contributed by atoms with Crippen molar-refractivity contribution in [2.75, 3.05) is 6.54 Å². The lowest BCUT2D eigenvalue weighted by molar-refractivity contribution is 0.344. The summed E-state index contributed by atoms with van der Waals surface area (Å²) in [5.41, 5.74) is 8.31. The molecular weight excluding hydrogens is 250 g/mol. The van der Waals surface area contributed by atoms with Crippen molar-refractivity contribution >= 4 is 0 Å². The summed E-state index contributed by atoms with van der Waals surface area (Å²) >= 11 is 0. The van der Waals surface area contributed by atoms with E-state index in [1.54, 1.807) is 0 Å². The SMILES string of the molecule is CCn1cc(-c2cncn2C(CN)C2CCCC2)cn1. The molecule has 2 N–H and O–H groups in total. The number of nitrogens with two attached hydrogens (primary N) is 1. The zero-order chi connectivity index (χ0) is 13.9. The van der Waals surface area contributed by atoms with Crippen LogP contribution in [0.1, 0.15) is 38.6 Å². The van der Waals surface area contributed by atoms with Crippen LogP contribution in [0.5, 0.6) is 0 Å². The number of hydrogen-bond donors (Lipinski definition) is 1. The number of hydrogen-bond acceptors (Lipinski definition) is 3. The molecule has 2 aromatic heterocycles. The number of imidazole rings is 1. The molecule has 1 fully saturated rings. The van der Waals surface area contributed by atoms with Crippen molar-refractivity contribution in [3.8, 4) is 11.3 Å². The van der Waals surface area contributed by atoms with Crippen molar-refractivity contribution < 1.29 is 0 Å². The molecule has 1 aliphatic carbocycles. The third-order valence-corrected chi connectivity index (χ3v) is 4.46. The van der Waals surface area contributed by atoms with Crippen molar-refractivity contribution in [1.82, 2.24) is 19.3 Å². The van der Waals surface area contributed by atoms with E-state index in [0.717, 1.165) is 17.8 Å². The number of aromatic nitrogens is 4. The first-order valence-electron chi connectivity index (χ1n) is 7.58. The van der Waals surface area contributed by atoms with Crippen LogP contribution < -0.4 is 5.73 Å². The topological polar surface area (TPSA) is 61.7 Å². The van der Waals surface area contributed by atoms with Crippen molar-refractivity contribution in [3.63, 3.8) is 0 Å². The minimum atomic E-state index is 0.361. The summed E-state index contributed by atoms with van der Waals surface area (Å²) in [6, 6.07) is 0.361. The standard InChI is InChI=1S/C15H23N5/c1-2-19-10-13(8-18-19)15-9-17-11-20(15)14(7-16)12-5-3-4-6-12/h8-12,14H,2-7,16H2,1H3. The van der Waals surface area contributed by atoms with Gasteiger partial charge in [0.2, 0.25) is 0 Å². The van der Waals surface area contributed by atoms with Gasteiger partial charge in [0.05, 0.1) is 30.5 Å². The van der Waals surface area contributed by atoms with Crippen LogP contribution in [-0.4, -0.2) is 25.9 Å². The van der Waals surface area contributed by atoms with Gasteiger partial charge in [0.25, 0.3) is 0 Å². The molecule has 3 rings (SSSR count). The van der Waals surface area contributed by atoms with Gasteiger partial charge >= 0.3 is 0 Å². The van der Waals surface area contributed by atoms with E-state index in [-0.39, 0.29) is 0 Å². The molecular formula is C15H23N5. The average Bonchev–Trinajstić information content (AvgIpc) is 3.21. The van der Waals surface area contributed by atoms with E-state index in [9.17, 15) is 0 Å². The highest BCUT2D eigenvalue weighted by Crippen LogP contribution is 2.35. The van der Waals surface area contributed by atoms with E-state index in [1.165, 1.54) is 25.7 Å². The molecule has 0 aromatic carbocycles. The summed E-state index contributed by atoms with van der Waals surface area (Å²) in [6.45, 7) is 3.66. The van der Waals surface area contributed by atoms with Crippen LogP contribution in [0.2, 0.25) is 0 Å². The van der Waals surface area contributed by atoms with Crippen LogP contribution in [0.3, 0.4) is 0 Å². The Morgan fingerprint density at radius 1 is 1.35 bits per heavy atom.